The topological polar surface area (TPSA) is 99.3 Å². The number of hydrogen-bond donors (Lipinski definition) is 4. The van der Waals surface area contributed by atoms with Crippen LogP contribution in [0.1, 0.15) is 24.3 Å². The first-order chi connectivity index (χ1) is 12.8. The number of fused-ring (bicyclic) bond motifs is 1. The summed E-state index contributed by atoms with van der Waals surface area (Å²) in [5, 5.41) is 12.8. The quantitative estimate of drug-likeness (QED) is 0.317. The Morgan fingerprint density at radius 2 is 2.19 bits per heavy atom. The molecule has 27 heavy (non-hydrogen) atoms. The van der Waals surface area contributed by atoms with Crippen molar-refractivity contribution in [1.82, 2.24) is 15.4 Å². The van der Waals surface area contributed by atoms with Crippen molar-refractivity contribution in [3.63, 3.8) is 0 Å². The number of anilines is 2. The standard InChI is InChI=1S/C18H18FIN4O3/c1-18(2,9-25)27-24-17(26)16-15(11-8-21-6-5-13(11)22-16)23-14-4-3-10(20)7-12(14)19/h3-8,22-23,25H,9H2,1-2H3,(H,24,26). The lowest BCUT2D eigenvalue weighted by Gasteiger charge is -2.21. The highest BCUT2D eigenvalue weighted by Gasteiger charge is 2.23. The fourth-order valence-electron chi connectivity index (χ4n) is 2.33. The van der Waals surface area contributed by atoms with Gasteiger partial charge in [0.2, 0.25) is 0 Å². The summed E-state index contributed by atoms with van der Waals surface area (Å²) in [6.45, 7) is 2.98. The zero-order chi connectivity index (χ0) is 19.6. The first-order valence-corrected chi connectivity index (χ1v) is 9.15. The number of aliphatic hydroxyl groups is 1. The molecule has 0 saturated carbocycles. The van der Waals surface area contributed by atoms with E-state index in [2.05, 4.69) is 20.8 Å². The van der Waals surface area contributed by atoms with Crippen LogP contribution in [0.15, 0.2) is 36.7 Å². The van der Waals surface area contributed by atoms with Gasteiger partial charge in [0.15, 0.2) is 0 Å². The van der Waals surface area contributed by atoms with Crippen molar-refractivity contribution >= 4 is 50.8 Å². The molecule has 3 rings (SSSR count). The molecule has 2 aromatic heterocycles. The molecule has 4 N–H and O–H groups in total. The number of carbonyl (C=O) groups is 1. The molecule has 0 saturated heterocycles. The Morgan fingerprint density at radius 1 is 1.41 bits per heavy atom. The monoisotopic (exact) mass is 484 g/mol. The number of benzene rings is 1. The van der Waals surface area contributed by atoms with Gasteiger partial charge in [0, 0.05) is 21.4 Å². The number of aromatic nitrogens is 2. The number of carbonyl (C=O) groups excluding carboxylic acids is 1. The van der Waals surface area contributed by atoms with Crippen molar-refractivity contribution in [2.45, 2.75) is 19.4 Å². The third-order valence-electron chi connectivity index (χ3n) is 3.82. The van der Waals surface area contributed by atoms with Crippen LogP contribution in [0.2, 0.25) is 0 Å². The molecule has 7 nitrogen and oxygen atoms in total. The Bertz CT molecular complexity index is 990. The first kappa shape index (κ1) is 19.5. The van der Waals surface area contributed by atoms with E-state index in [4.69, 9.17) is 4.84 Å². The number of rotatable bonds is 6. The van der Waals surface area contributed by atoms with Crippen LogP contribution in [-0.4, -0.2) is 33.2 Å². The summed E-state index contributed by atoms with van der Waals surface area (Å²) in [5.74, 6) is -1.01. The van der Waals surface area contributed by atoms with Gasteiger partial charge in [0.25, 0.3) is 5.91 Å². The van der Waals surface area contributed by atoms with Crippen LogP contribution in [0.3, 0.4) is 0 Å². The second-order valence-electron chi connectivity index (χ2n) is 6.50. The summed E-state index contributed by atoms with van der Waals surface area (Å²) in [7, 11) is 0. The summed E-state index contributed by atoms with van der Waals surface area (Å²) >= 11 is 2.02. The number of nitrogens with zero attached hydrogens (tertiary/aromatic N) is 1. The average molecular weight is 484 g/mol. The smallest absolute Gasteiger partial charge is 0.293 e. The maximum absolute atomic E-state index is 14.3. The molecular weight excluding hydrogens is 466 g/mol. The van der Waals surface area contributed by atoms with Gasteiger partial charge in [0.1, 0.15) is 17.1 Å². The molecule has 0 aliphatic carbocycles. The lowest BCUT2D eigenvalue weighted by molar-refractivity contribution is -0.0957. The number of hydrogen-bond acceptors (Lipinski definition) is 5. The van der Waals surface area contributed by atoms with Gasteiger partial charge >= 0.3 is 0 Å². The molecule has 0 fully saturated rings. The van der Waals surface area contributed by atoms with Gasteiger partial charge in [-0.15, -0.1) is 0 Å². The number of amides is 1. The minimum Gasteiger partial charge on any atom is -0.393 e. The number of nitrogens with one attached hydrogen (secondary N) is 3. The van der Waals surface area contributed by atoms with Gasteiger partial charge < -0.3 is 15.4 Å². The predicted octanol–water partition coefficient (Wildman–Crippen LogP) is 3.48. The molecule has 0 atom stereocenters. The maximum atomic E-state index is 14.3. The minimum atomic E-state index is -0.945. The Morgan fingerprint density at radius 3 is 2.89 bits per heavy atom. The van der Waals surface area contributed by atoms with E-state index in [1.165, 1.54) is 6.07 Å². The van der Waals surface area contributed by atoms with Gasteiger partial charge in [-0.3, -0.25) is 14.6 Å². The van der Waals surface area contributed by atoms with Gasteiger partial charge in [-0.1, -0.05) is 0 Å². The number of halogens is 2. The lowest BCUT2D eigenvalue weighted by Crippen LogP contribution is -2.38. The van der Waals surface area contributed by atoms with Crippen LogP contribution in [-0.2, 0) is 4.84 Å². The van der Waals surface area contributed by atoms with Crippen molar-refractivity contribution < 1.29 is 19.1 Å². The fourth-order valence-corrected chi connectivity index (χ4v) is 2.78. The van der Waals surface area contributed by atoms with Crippen LogP contribution in [0, 0.1) is 9.39 Å². The van der Waals surface area contributed by atoms with Crippen LogP contribution in [0.25, 0.3) is 10.9 Å². The van der Waals surface area contributed by atoms with Crippen molar-refractivity contribution in [3.8, 4) is 0 Å². The predicted molar refractivity (Wildman–Crippen MR) is 108 cm³/mol. The SMILES string of the molecule is CC(C)(CO)ONC(=O)c1[nH]c2ccncc2c1Nc1ccc(I)cc1F. The van der Waals surface area contributed by atoms with Crippen LogP contribution in [0.4, 0.5) is 15.8 Å². The highest BCUT2D eigenvalue weighted by molar-refractivity contribution is 14.1. The van der Waals surface area contributed by atoms with Crippen molar-refractivity contribution in [1.29, 1.82) is 0 Å². The largest absolute Gasteiger partial charge is 0.393 e. The van der Waals surface area contributed by atoms with Crippen molar-refractivity contribution in [2.75, 3.05) is 11.9 Å². The lowest BCUT2D eigenvalue weighted by atomic mass is 10.2. The third kappa shape index (κ3) is 4.37. The zero-order valence-corrected chi connectivity index (χ0v) is 16.8. The Labute approximate surface area is 168 Å². The fraction of sp³-hybridized carbons (Fsp3) is 0.222. The summed E-state index contributed by atoms with van der Waals surface area (Å²) in [5.41, 5.74) is 2.79. The normalized spacial score (nSPS) is 11.6. The number of pyridine rings is 1. The molecule has 1 aromatic carbocycles. The molecule has 142 valence electrons. The summed E-state index contributed by atoms with van der Waals surface area (Å²) < 4.78 is 15.0. The van der Waals surface area contributed by atoms with Crippen LogP contribution < -0.4 is 10.8 Å². The second kappa shape index (κ2) is 7.79. The molecule has 2 heterocycles. The van der Waals surface area contributed by atoms with Gasteiger partial charge in [-0.25, -0.2) is 9.87 Å². The molecule has 0 spiro atoms. The molecule has 3 aromatic rings. The minimum absolute atomic E-state index is 0.157. The molecule has 0 bridgehead atoms. The Balaban J connectivity index is 1.97. The van der Waals surface area contributed by atoms with E-state index in [-0.39, 0.29) is 18.0 Å². The van der Waals surface area contributed by atoms with Gasteiger partial charge in [-0.2, -0.15) is 0 Å². The van der Waals surface area contributed by atoms with Gasteiger partial charge in [0.05, 0.1) is 23.5 Å². The third-order valence-corrected chi connectivity index (χ3v) is 4.49. The molecule has 9 heteroatoms. The zero-order valence-electron chi connectivity index (χ0n) is 14.6. The molecule has 0 unspecified atom stereocenters. The van der Waals surface area contributed by atoms with Gasteiger partial charge in [-0.05, 0) is 60.7 Å². The first-order valence-electron chi connectivity index (χ1n) is 8.08. The van der Waals surface area contributed by atoms with E-state index in [0.717, 1.165) is 3.57 Å². The van der Waals surface area contributed by atoms with E-state index in [1.807, 2.05) is 22.6 Å². The number of H-pyrrole nitrogens is 1. The number of hydroxylamine groups is 1. The van der Waals surface area contributed by atoms with E-state index in [9.17, 15) is 14.3 Å². The maximum Gasteiger partial charge on any atom is 0.293 e. The highest BCUT2D eigenvalue weighted by Crippen LogP contribution is 2.31. The van der Waals surface area contributed by atoms with E-state index in [0.29, 0.717) is 16.6 Å². The Kier molecular flexibility index (Phi) is 5.63. The molecular formula is C18H18FIN4O3. The summed E-state index contributed by atoms with van der Waals surface area (Å²) in [6.07, 6.45) is 3.16. The summed E-state index contributed by atoms with van der Waals surface area (Å²) in [4.78, 5) is 24.9. The molecule has 0 radical (unpaired) electrons. The van der Waals surface area contributed by atoms with Crippen LogP contribution in [0.5, 0.6) is 0 Å². The second-order valence-corrected chi connectivity index (χ2v) is 7.74. The molecule has 0 aliphatic heterocycles. The number of aliphatic hydroxyl groups excluding tert-OH is 1. The van der Waals surface area contributed by atoms with E-state index < -0.39 is 17.3 Å². The highest BCUT2D eigenvalue weighted by atomic mass is 127. The summed E-state index contributed by atoms with van der Waals surface area (Å²) in [6, 6.07) is 6.45. The number of aromatic amines is 1. The average Bonchev–Trinajstić information content (AvgIpc) is 3.01. The van der Waals surface area contributed by atoms with E-state index >= 15 is 0 Å². The molecule has 1 amide bonds. The van der Waals surface area contributed by atoms with Crippen LogP contribution >= 0.6 is 22.6 Å². The van der Waals surface area contributed by atoms with Crippen molar-refractivity contribution in [3.05, 3.63) is 51.7 Å². The Hall–Kier alpha value is -2.24. The molecule has 0 aliphatic rings. The van der Waals surface area contributed by atoms with E-state index in [1.54, 1.807) is 44.4 Å². The van der Waals surface area contributed by atoms with Crippen molar-refractivity contribution in [2.24, 2.45) is 0 Å².